The molecule has 1 aromatic carbocycles. The third-order valence-electron chi connectivity index (χ3n) is 2.24. The topological polar surface area (TPSA) is 55.1 Å². The monoisotopic (exact) mass is 338 g/mol. The molecule has 0 saturated heterocycles. The van der Waals surface area contributed by atoms with Crippen molar-refractivity contribution in [1.29, 1.82) is 0 Å². The quantitative estimate of drug-likeness (QED) is 0.890. The zero-order chi connectivity index (χ0) is 14.8. The summed E-state index contributed by atoms with van der Waals surface area (Å²) in [6.45, 7) is 3.57. The van der Waals surface area contributed by atoms with Gasteiger partial charge in [0.1, 0.15) is 0 Å². The van der Waals surface area contributed by atoms with Gasteiger partial charge in [-0.15, -0.1) is 0 Å². The molecule has 106 valence electrons. The van der Waals surface area contributed by atoms with Gasteiger partial charge in [-0.1, -0.05) is 0 Å². The predicted molar refractivity (Wildman–Crippen MR) is 69.7 cm³/mol. The summed E-state index contributed by atoms with van der Waals surface area (Å²) in [5.74, 6) is -0.600. The van der Waals surface area contributed by atoms with Crippen LogP contribution < -0.4 is 11.1 Å². The first-order valence-corrected chi connectivity index (χ1v) is 6.24. The lowest BCUT2D eigenvalue weighted by atomic mass is 10.1. The summed E-state index contributed by atoms with van der Waals surface area (Å²) in [7, 11) is 0. The molecule has 7 heteroatoms. The van der Waals surface area contributed by atoms with E-state index in [0.29, 0.717) is 4.47 Å². The molecule has 0 aliphatic rings. The molecular weight excluding hydrogens is 325 g/mol. The van der Waals surface area contributed by atoms with Crippen LogP contribution in [-0.2, 0) is 6.18 Å². The molecule has 0 unspecified atom stereocenters. The van der Waals surface area contributed by atoms with Gasteiger partial charge in [0.2, 0.25) is 0 Å². The molecule has 0 saturated carbocycles. The highest BCUT2D eigenvalue weighted by Gasteiger charge is 2.31. The van der Waals surface area contributed by atoms with E-state index in [0.717, 1.165) is 12.1 Å². The second kappa shape index (κ2) is 5.50. The number of nitrogens with one attached hydrogen (secondary N) is 1. The smallest absolute Gasteiger partial charge is 0.350 e. The van der Waals surface area contributed by atoms with Crippen LogP contribution in [0.15, 0.2) is 22.7 Å². The van der Waals surface area contributed by atoms with Gasteiger partial charge in [0.05, 0.1) is 11.1 Å². The van der Waals surface area contributed by atoms with Gasteiger partial charge in [-0.05, 0) is 48.0 Å². The van der Waals surface area contributed by atoms with E-state index in [1.54, 1.807) is 13.8 Å². The molecule has 1 aromatic rings. The Hall–Kier alpha value is -1.08. The molecule has 0 atom stereocenters. The molecule has 1 amide bonds. The van der Waals surface area contributed by atoms with E-state index < -0.39 is 23.2 Å². The molecule has 0 fully saturated rings. The molecule has 0 aromatic heterocycles. The first-order chi connectivity index (χ1) is 8.50. The van der Waals surface area contributed by atoms with Crippen LogP contribution >= 0.6 is 15.9 Å². The van der Waals surface area contributed by atoms with Gasteiger partial charge in [0.25, 0.3) is 5.91 Å². The fraction of sp³-hybridized carbons (Fsp3) is 0.417. The molecule has 1 rings (SSSR count). The van der Waals surface area contributed by atoms with Crippen molar-refractivity contribution in [1.82, 2.24) is 5.32 Å². The molecule has 0 heterocycles. The Morgan fingerprint density at radius 3 is 2.42 bits per heavy atom. The lowest BCUT2D eigenvalue weighted by Crippen LogP contribution is -2.45. The van der Waals surface area contributed by atoms with Crippen LogP contribution in [0.1, 0.15) is 29.8 Å². The highest BCUT2D eigenvalue weighted by atomic mass is 79.9. The number of nitrogens with two attached hydrogens (primary N) is 1. The number of hydrogen-bond acceptors (Lipinski definition) is 2. The van der Waals surface area contributed by atoms with E-state index >= 15 is 0 Å². The number of hydrogen-bond donors (Lipinski definition) is 2. The van der Waals surface area contributed by atoms with Gasteiger partial charge >= 0.3 is 6.18 Å². The minimum absolute atomic E-state index is 0.0703. The Balaban J connectivity index is 2.97. The van der Waals surface area contributed by atoms with E-state index in [1.807, 2.05) is 0 Å². The maximum Gasteiger partial charge on any atom is 0.416 e. The first kappa shape index (κ1) is 16.0. The Bertz CT molecular complexity index is 481. The average molecular weight is 339 g/mol. The number of rotatable bonds is 3. The number of alkyl halides is 3. The summed E-state index contributed by atoms with van der Waals surface area (Å²) < 4.78 is 38.0. The average Bonchev–Trinajstić information content (AvgIpc) is 2.24. The standard InChI is InChI=1S/C12H14BrF3N2O/c1-11(2,17)6-18-10(19)8-5-7(12(14,15)16)3-4-9(8)13/h3-5H,6,17H2,1-2H3,(H,18,19). The highest BCUT2D eigenvalue weighted by molar-refractivity contribution is 9.10. The van der Waals surface area contributed by atoms with Crippen molar-refractivity contribution in [2.45, 2.75) is 25.6 Å². The molecule has 0 radical (unpaired) electrons. The van der Waals surface area contributed by atoms with Gasteiger partial charge in [0.15, 0.2) is 0 Å². The van der Waals surface area contributed by atoms with E-state index in [4.69, 9.17) is 5.73 Å². The van der Waals surface area contributed by atoms with Gasteiger partial charge in [0, 0.05) is 16.6 Å². The molecule has 3 N–H and O–H groups in total. The Morgan fingerprint density at radius 1 is 1.37 bits per heavy atom. The summed E-state index contributed by atoms with van der Waals surface area (Å²) in [5.41, 5.74) is 4.12. The number of benzene rings is 1. The van der Waals surface area contributed by atoms with Gasteiger partial charge < -0.3 is 11.1 Å². The molecule has 3 nitrogen and oxygen atoms in total. The third-order valence-corrected chi connectivity index (χ3v) is 2.93. The van der Waals surface area contributed by atoms with Crippen molar-refractivity contribution < 1.29 is 18.0 Å². The molecule has 0 aliphatic heterocycles. The molecule has 0 aliphatic carbocycles. The van der Waals surface area contributed by atoms with Crippen molar-refractivity contribution in [2.24, 2.45) is 5.73 Å². The second-order valence-corrected chi connectivity index (χ2v) is 5.72. The summed E-state index contributed by atoms with van der Waals surface area (Å²) >= 11 is 3.06. The fourth-order valence-corrected chi connectivity index (χ4v) is 1.71. The SMILES string of the molecule is CC(C)(N)CNC(=O)c1cc(C(F)(F)F)ccc1Br. The number of amides is 1. The van der Waals surface area contributed by atoms with Crippen molar-refractivity contribution in [3.05, 3.63) is 33.8 Å². The molecule has 19 heavy (non-hydrogen) atoms. The molecule has 0 spiro atoms. The summed E-state index contributed by atoms with van der Waals surface area (Å²) in [6.07, 6.45) is -4.48. The zero-order valence-corrected chi connectivity index (χ0v) is 12.0. The van der Waals surface area contributed by atoms with Crippen LogP contribution in [0.5, 0.6) is 0 Å². The van der Waals surface area contributed by atoms with E-state index in [9.17, 15) is 18.0 Å². The summed E-state index contributed by atoms with van der Waals surface area (Å²) in [4.78, 5) is 11.8. The van der Waals surface area contributed by atoms with Crippen molar-refractivity contribution >= 4 is 21.8 Å². The zero-order valence-electron chi connectivity index (χ0n) is 10.4. The molecular formula is C12H14BrF3N2O. The third kappa shape index (κ3) is 4.83. The lowest BCUT2D eigenvalue weighted by molar-refractivity contribution is -0.137. The van der Waals surface area contributed by atoms with Crippen molar-refractivity contribution in [2.75, 3.05) is 6.54 Å². The van der Waals surface area contributed by atoms with Crippen LogP contribution in [0, 0.1) is 0 Å². The lowest BCUT2D eigenvalue weighted by Gasteiger charge is -2.19. The minimum Gasteiger partial charge on any atom is -0.350 e. The maximum absolute atomic E-state index is 12.6. The predicted octanol–water partition coefficient (Wildman–Crippen LogP) is 2.94. The Labute approximate surface area is 117 Å². The van der Waals surface area contributed by atoms with E-state index in [-0.39, 0.29) is 12.1 Å². The molecule has 0 bridgehead atoms. The first-order valence-electron chi connectivity index (χ1n) is 5.44. The van der Waals surface area contributed by atoms with Crippen LogP contribution in [0.4, 0.5) is 13.2 Å². The highest BCUT2D eigenvalue weighted by Crippen LogP contribution is 2.31. The van der Waals surface area contributed by atoms with Crippen molar-refractivity contribution in [3.8, 4) is 0 Å². The summed E-state index contributed by atoms with van der Waals surface area (Å²) in [6, 6.07) is 2.92. The number of halogens is 4. The van der Waals surface area contributed by atoms with Crippen LogP contribution in [-0.4, -0.2) is 18.0 Å². The van der Waals surface area contributed by atoms with E-state index in [1.165, 1.54) is 6.07 Å². The van der Waals surface area contributed by atoms with Crippen LogP contribution in [0.3, 0.4) is 0 Å². The normalized spacial score (nSPS) is 12.4. The number of carbonyl (C=O) groups is 1. The second-order valence-electron chi connectivity index (χ2n) is 4.86. The largest absolute Gasteiger partial charge is 0.416 e. The van der Waals surface area contributed by atoms with Crippen LogP contribution in [0.2, 0.25) is 0 Å². The summed E-state index contributed by atoms with van der Waals surface area (Å²) in [5, 5.41) is 2.50. The van der Waals surface area contributed by atoms with Gasteiger partial charge in [-0.25, -0.2) is 0 Å². The van der Waals surface area contributed by atoms with Crippen LogP contribution in [0.25, 0.3) is 0 Å². The fourth-order valence-electron chi connectivity index (χ4n) is 1.28. The number of carbonyl (C=O) groups excluding carboxylic acids is 1. The minimum atomic E-state index is -4.48. The Kier molecular flexibility index (Phi) is 4.63. The van der Waals surface area contributed by atoms with Gasteiger partial charge in [-0.2, -0.15) is 13.2 Å². The Morgan fingerprint density at radius 2 is 1.95 bits per heavy atom. The van der Waals surface area contributed by atoms with Gasteiger partial charge in [-0.3, -0.25) is 4.79 Å². The van der Waals surface area contributed by atoms with E-state index in [2.05, 4.69) is 21.2 Å². The maximum atomic E-state index is 12.6. The van der Waals surface area contributed by atoms with Crippen molar-refractivity contribution in [3.63, 3.8) is 0 Å².